The highest BCUT2D eigenvalue weighted by Crippen LogP contribution is 2.51. The Bertz CT molecular complexity index is 5350. The summed E-state index contributed by atoms with van der Waals surface area (Å²) in [5.41, 5.74) is 30.4. The van der Waals surface area contributed by atoms with Gasteiger partial charge in [0.25, 0.3) is 0 Å². The Morgan fingerprint density at radius 2 is 0.854 bits per heavy atom. The lowest BCUT2D eigenvalue weighted by molar-refractivity contribution is 0.383. The summed E-state index contributed by atoms with van der Waals surface area (Å²) < 4.78 is 6.19. The molecule has 0 aliphatic carbocycles. The molecular weight excluding hydrogens is 1260 g/mol. The molecule has 0 fully saturated rings. The van der Waals surface area contributed by atoms with Crippen molar-refractivity contribution in [2.45, 2.75) is 107 Å². The molecular formula is C92H94N10O. The zero-order valence-corrected chi connectivity index (χ0v) is 62.2. The molecule has 518 valence electrons. The van der Waals surface area contributed by atoms with Gasteiger partial charge >= 0.3 is 0 Å². The summed E-state index contributed by atoms with van der Waals surface area (Å²) in [4.78, 5) is 23.6. The van der Waals surface area contributed by atoms with Gasteiger partial charge in [-0.15, -0.1) is 0 Å². The van der Waals surface area contributed by atoms with Crippen LogP contribution in [0.3, 0.4) is 0 Å². The first-order valence-electron chi connectivity index (χ1n) is 36.3. The van der Waals surface area contributed by atoms with Gasteiger partial charge in [0.2, 0.25) is 0 Å². The molecule has 5 unspecified atom stereocenters. The van der Waals surface area contributed by atoms with E-state index in [0.717, 1.165) is 11.2 Å². The van der Waals surface area contributed by atoms with Crippen LogP contribution >= 0.6 is 0 Å². The molecule has 19 rings (SSSR count). The molecule has 0 bridgehead atoms. The van der Waals surface area contributed by atoms with Crippen LogP contribution in [0.4, 0.5) is 62.6 Å². The van der Waals surface area contributed by atoms with Crippen LogP contribution in [0.15, 0.2) is 277 Å². The van der Waals surface area contributed by atoms with Crippen molar-refractivity contribution in [1.29, 1.82) is 0 Å². The SMILES string of the molecule is Cc1c(N2c3ccccc3N(C)C2C)ccc2c1oc1ccccc12.Cc1ccc(C)c(N2c3ccccc3N(C)C2C)c1.Cc1cccc2c1N1C(=CN(C)C1C)c1ccccc1-2.Cc1ccccc1N1C=C2C=CC=CN2C1C.Cc1ccccc1N1c2cccc3cccc(c23)N(C)C1C. The summed E-state index contributed by atoms with van der Waals surface area (Å²) in [6.07, 6.45) is 14.5. The number of furan rings is 1. The predicted octanol–water partition coefficient (Wildman–Crippen LogP) is 22.6. The van der Waals surface area contributed by atoms with E-state index in [4.69, 9.17) is 4.42 Å². The second kappa shape index (κ2) is 27.4. The van der Waals surface area contributed by atoms with E-state index in [0.29, 0.717) is 18.5 Å². The Balaban J connectivity index is 0.000000104. The van der Waals surface area contributed by atoms with Gasteiger partial charge in [-0.3, -0.25) is 0 Å². The van der Waals surface area contributed by atoms with E-state index in [1.807, 2.05) is 12.1 Å². The summed E-state index contributed by atoms with van der Waals surface area (Å²) in [7, 11) is 8.64. The van der Waals surface area contributed by atoms with Crippen molar-refractivity contribution < 1.29 is 4.42 Å². The molecule has 5 atom stereocenters. The molecule has 11 aromatic carbocycles. The summed E-state index contributed by atoms with van der Waals surface area (Å²) in [5, 5.41) is 5.01. The molecule has 0 saturated carbocycles. The summed E-state index contributed by atoms with van der Waals surface area (Å²) in [6.45, 7) is 24.3. The number of nitrogens with zero attached hydrogens (tertiary/aromatic N) is 10. The van der Waals surface area contributed by atoms with E-state index in [2.05, 4.69) is 409 Å². The Hall–Kier alpha value is -11.6. The Morgan fingerprint density at radius 3 is 1.51 bits per heavy atom. The lowest BCUT2D eigenvalue weighted by Gasteiger charge is -2.44. The molecule has 1 aromatic heterocycles. The van der Waals surface area contributed by atoms with E-state index in [1.165, 1.54) is 146 Å². The van der Waals surface area contributed by atoms with Gasteiger partial charge in [0.1, 0.15) is 42.0 Å². The van der Waals surface area contributed by atoms with Crippen LogP contribution in [0.2, 0.25) is 0 Å². The van der Waals surface area contributed by atoms with E-state index < -0.39 is 0 Å². The number of fused-ring (bicyclic) bond motifs is 12. The maximum absolute atomic E-state index is 6.19. The first-order chi connectivity index (χ1) is 49.9. The minimum atomic E-state index is 0.262. The van der Waals surface area contributed by atoms with Gasteiger partial charge in [-0.25, -0.2) is 0 Å². The fraction of sp³-hybridized carbons (Fsp3) is 0.217. The number of benzene rings is 11. The second-order valence-corrected chi connectivity index (χ2v) is 28.4. The van der Waals surface area contributed by atoms with Crippen LogP contribution in [0, 0.1) is 41.5 Å². The number of para-hydroxylation sites is 8. The third kappa shape index (κ3) is 11.7. The molecule has 103 heavy (non-hydrogen) atoms. The van der Waals surface area contributed by atoms with Crippen molar-refractivity contribution in [1.82, 2.24) is 9.80 Å². The average Bonchev–Trinajstić information content (AvgIpc) is 1.65. The highest BCUT2D eigenvalue weighted by Gasteiger charge is 2.38. The van der Waals surface area contributed by atoms with Crippen LogP contribution in [0.25, 0.3) is 49.5 Å². The largest absolute Gasteiger partial charge is 0.456 e. The third-order valence-electron chi connectivity index (χ3n) is 22.3. The van der Waals surface area contributed by atoms with Crippen LogP contribution in [-0.4, -0.2) is 68.8 Å². The molecule has 11 heteroatoms. The number of hydrogen-bond acceptors (Lipinski definition) is 11. The van der Waals surface area contributed by atoms with Crippen molar-refractivity contribution in [3.05, 3.63) is 312 Å². The fourth-order valence-corrected chi connectivity index (χ4v) is 16.3. The molecule has 0 spiro atoms. The molecule has 11 nitrogen and oxygen atoms in total. The maximum atomic E-state index is 6.19. The van der Waals surface area contributed by atoms with Crippen LogP contribution < -0.4 is 39.2 Å². The molecule has 0 N–H and O–H groups in total. The van der Waals surface area contributed by atoms with Gasteiger partial charge in [-0.05, 0) is 200 Å². The Labute approximate surface area is 609 Å². The van der Waals surface area contributed by atoms with Crippen LogP contribution in [0.5, 0.6) is 0 Å². The lowest BCUT2D eigenvalue weighted by Crippen LogP contribution is -2.45. The van der Waals surface area contributed by atoms with Gasteiger partial charge in [0.05, 0.1) is 45.5 Å². The van der Waals surface area contributed by atoms with Crippen LogP contribution in [0.1, 0.15) is 73.6 Å². The molecule has 0 amide bonds. The van der Waals surface area contributed by atoms with Gasteiger partial charge in [0.15, 0.2) is 0 Å². The maximum Gasteiger partial charge on any atom is 0.140 e. The number of rotatable bonds is 4. The number of aryl methyl sites for hydroxylation is 6. The summed E-state index contributed by atoms with van der Waals surface area (Å²) in [6, 6.07) is 82.1. The minimum Gasteiger partial charge on any atom is -0.456 e. The number of allylic oxidation sites excluding steroid dienone is 3. The topological polar surface area (TPSA) is 45.5 Å². The van der Waals surface area contributed by atoms with E-state index >= 15 is 0 Å². The van der Waals surface area contributed by atoms with Gasteiger partial charge in [-0.2, -0.15) is 0 Å². The quantitative estimate of drug-likeness (QED) is 0.169. The molecule has 8 heterocycles. The minimum absolute atomic E-state index is 0.262. The fourth-order valence-electron chi connectivity index (χ4n) is 16.3. The molecule has 7 aliphatic heterocycles. The van der Waals surface area contributed by atoms with Crippen molar-refractivity contribution >= 4 is 101 Å². The number of anilines is 11. The summed E-state index contributed by atoms with van der Waals surface area (Å²) in [5.74, 6) is 0. The first-order valence-corrected chi connectivity index (χ1v) is 36.3. The van der Waals surface area contributed by atoms with E-state index in [-0.39, 0.29) is 12.3 Å². The smallest absolute Gasteiger partial charge is 0.140 e. The Kier molecular flexibility index (Phi) is 17.9. The molecule has 0 saturated heterocycles. The van der Waals surface area contributed by atoms with Crippen molar-refractivity contribution in [3.8, 4) is 11.1 Å². The first kappa shape index (κ1) is 67.3. The summed E-state index contributed by atoms with van der Waals surface area (Å²) >= 11 is 0. The Morgan fingerprint density at radius 1 is 0.340 bits per heavy atom. The van der Waals surface area contributed by atoms with Crippen molar-refractivity contribution in [3.63, 3.8) is 0 Å². The lowest BCUT2D eigenvalue weighted by atomic mass is 9.90. The highest BCUT2D eigenvalue weighted by atomic mass is 16.3. The van der Waals surface area contributed by atoms with Gasteiger partial charge in [-0.1, -0.05) is 164 Å². The third-order valence-corrected chi connectivity index (χ3v) is 22.3. The van der Waals surface area contributed by atoms with Gasteiger partial charge in [0, 0.05) is 108 Å². The highest BCUT2D eigenvalue weighted by molar-refractivity contribution is 6.09. The standard InChI is InChI=1S/C22H20N2O.C20H20N2.C18H18N2.C17H20N2.C15H16N2/c1-14-18(24-15(2)23(3)19-9-5-6-10-20(19)24)13-12-17-16-8-4-7-11-21(16)25-22(14)17;1-14-8-4-5-11-17(14)22-15(2)21(3)18-12-6-9-16-10-7-13-19(22)20(16)18;1-12-7-6-10-16-14-8-4-5-9-15(14)17-11-19(3)13(2)20(17)18(12)16;1-12-9-10-13(2)17(11-12)19-14(3)18(4)15-7-5-6-8-16(15)19;1-12-7-3-4-9-15(12)17-11-14-8-5-6-10-16(14)13(17)2/h4-13,15H,1-3H3;4-13,15H,1-3H3;4-11,13H,1-3H3;5-11,14H,1-4H3;3-11,13H,1-2H3. The normalized spacial score (nSPS) is 18.4. The molecule has 0 radical (unpaired) electrons. The number of hydrogen-bond donors (Lipinski definition) is 0. The van der Waals surface area contributed by atoms with E-state index in [9.17, 15) is 0 Å². The zero-order chi connectivity index (χ0) is 71.6. The average molecular weight is 1360 g/mol. The molecule has 7 aliphatic rings. The van der Waals surface area contributed by atoms with E-state index in [1.54, 1.807) is 0 Å². The van der Waals surface area contributed by atoms with Crippen LogP contribution in [-0.2, 0) is 0 Å². The van der Waals surface area contributed by atoms with Crippen molar-refractivity contribution in [2.24, 2.45) is 0 Å². The second-order valence-electron chi connectivity index (χ2n) is 28.4. The predicted molar refractivity (Wildman–Crippen MR) is 438 cm³/mol. The monoisotopic (exact) mass is 1350 g/mol. The van der Waals surface area contributed by atoms with Gasteiger partial charge < -0.3 is 53.4 Å². The molecule has 12 aromatic rings. The van der Waals surface area contributed by atoms with Crippen molar-refractivity contribution in [2.75, 3.05) is 67.4 Å². The zero-order valence-electron chi connectivity index (χ0n) is 62.2.